The standard InChI is InChI=1S/C9H10BrN3/c1-5-4-8-11-7(3)12-13(8)9(10)6(5)2/h4H,1-3H3. The Kier molecular flexibility index (Phi) is 1.87. The van der Waals surface area contributed by atoms with Crippen LogP contribution in [0.1, 0.15) is 17.0 Å². The lowest BCUT2D eigenvalue weighted by atomic mass is 10.2. The summed E-state index contributed by atoms with van der Waals surface area (Å²) in [7, 11) is 0. The number of pyridine rings is 1. The van der Waals surface area contributed by atoms with Crippen LogP contribution in [-0.2, 0) is 0 Å². The van der Waals surface area contributed by atoms with Crippen LogP contribution in [0, 0.1) is 20.8 Å². The van der Waals surface area contributed by atoms with Gasteiger partial charge in [0.2, 0.25) is 0 Å². The van der Waals surface area contributed by atoms with E-state index in [9.17, 15) is 0 Å². The maximum atomic E-state index is 4.30. The summed E-state index contributed by atoms with van der Waals surface area (Å²) >= 11 is 3.51. The highest BCUT2D eigenvalue weighted by Crippen LogP contribution is 2.20. The van der Waals surface area contributed by atoms with Gasteiger partial charge in [-0.1, -0.05) is 0 Å². The Hall–Kier alpha value is -0.900. The zero-order valence-electron chi connectivity index (χ0n) is 7.80. The van der Waals surface area contributed by atoms with E-state index in [0.29, 0.717) is 0 Å². The van der Waals surface area contributed by atoms with Gasteiger partial charge < -0.3 is 0 Å². The van der Waals surface area contributed by atoms with Gasteiger partial charge in [0.1, 0.15) is 10.4 Å². The average Bonchev–Trinajstić information content (AvgIpc) is 2.42. The predicted octanol–water partition coefficient (Wildman–Crippen LogP) is 2.42. The van der Waals surface area contributed by atoms with Crippen molar-refractivity contribution in [2.75, 3.05) is 0 Å². The lowest BCUT2D eigenvalue weighted by Gasteiger charge is -2.03. The highest BCUT2D eigenvalue weighted by molar-refractivity contribution is 9.10. The van der Waals surface area contributed by atoms with Gasteiger partial charge in [-0.05, 0) is 53.9 Å². The first-order valence-electron chi connectivity index (χ1n) is 4.08. The number of nitrogens with zero attached hydrogens (tertiary/aromatic N) is 3. The molecule has 0 aliphatic rings. The lowest BCUT2D eigenvalue weighted by Crippen LogP contribution is -1.95. The molecule has 0 bridgehead atoms. The highest BCUT2D eigenvalue weighted by Gasteiger charge is 2.07. The fourth-order valence-corrected chi connectivity index (χ4v) is 1.87. The van der Waals surface area contributed by atoms with E-state index in [1.807, 2.05) is 17.5 Å². The van der Waals surface area contributed by atoms with Crippen molar-refractivity contribution in [1.82, 2.24) is 14.6 Å². The van der Waals surface area contributed by atoms with Crippen LogP contribution in [-0.4, -0.2) is 14.6 Å². The van der Waals surface area contributed by atoms with Crippen LogP contribution in [0.4, 0.5) is 0 Å². The monoisotopic (exact) mass is 239 g/mol. The van der Waals surface area contributed by atoms with E-state index < -0.39 is 0 Å². The van der Waals surface area contributed by atoms with Gasteiger partial charge >= 0.3 is 0 Å². The number of hydrogen-bond acceptors (Lipinski definition) is 2. The molecule has 2 aromatic heterocycles. The minimum atomic E-state index is 0.797. The highest BCUT2D eigenvalue weighted by atomic mass is 79.9. The molecule has 0 aromatic carbocycles. The predicted molar refractivity (Wildman–Crippen MR) is 54.9 cm³/mol. The van der Waals surface area contributed by atoms with Crippen LogP contribution in [0.3, 0.4) is 0 Å². The van der Waals surface area contributed by atoms with Gasteiger partial charge in [0.15, 0.2) is 5.65 Å². The third kappa shape index (κ3) is 1.25. The number of fused-ring (bicyclic) bond motifs is 1. The molecule has 0 aliphatic carbocycles. The quantitative estimate of drug-likeness (QED) is 0.662. The molecule has 0 radical (unpaired) electrons. The molecular weight excluding hydrogens is 230 g/mol. The Balaban J connectivity index is 2.92. The van der Waals surface area contributed by atoms with Gasteiger partial charge in [-0.25, -0.2) is 9.50 Å². The summed E-state index contributed by atoms with van der Waals surface area (Å²) in [4.78, 5) is 4.30. The van der Waals surface area contributed by atoms with Gasteiger partial charge in [-0.2, -0.15) is 5.10 Å². The first-order chi connectivity index (χ1) is 6.09. The zero-order chi connectivity index (χ0) is 9.59. The van der Waals surface area contributed by atoms with Crippen molar-refractivity contribution in [3.8, 4) is 0 Å². The Labute approximate surface area is 84.9 Å². The summed E-state index contributed by atoms with van der Waals surface area (Å²) in [5, 5.41) is 4.27. The van der Waals surface area contributed by atoms with Crippen molar-refractivity contribution in [2.24, 2.45) is 0 Å². The van der Waals surface area contributed by atoms with Gasteiger partial charge in [0.25, 0.3) is 0 Å². The average molecular weight is 240 g/mol. The third-order valence-corrected chi connectivity index (χ3v) is 3.10. The van der Waals surface area contributed by atoms with Crippen molar-refractivity contribution in [3.63, 3.8) is 0 Å². The second kappa shape index (κ2) is 2.80. The minimum absolute atomic E-state index is 0.797. The maximum Gasteiger partial charge on any atom is 0.157 e. The Morgan fingerprint density at radius 2 is 2.00 bits per heavy atom. The smallest absolute Gasteiger partial charge is 0.157 e. The molecule has 68 valence electrons. The number of rotatable bonds is 0. The summed E-state index contributed by atoms with van der Waals surface area (Å²) in [6, 6.07) is 2.04. The van der Waals surface area contributed by atoms with Crippen LogP contribution >= 0.6 is 15.9 Å². The second-order valence-electron chi connectivity index (χ2n) is 3.17. The van der Waals surface area contributed by atoms with E-state index in [-0.39, 0.29) is 0 Å². The summed E-state index contributed by atoms with van der Waals surface area (Å²) in [5.74, 6) is 0.797. The number of hydrogen-bond donors (Lipinski definition) is 0. The van der Waals surface area contributed by atoms with E-state index in [1.165, 1.54) is 11.1 Å². The van der Waals surface area contributed by atoms with Crippen molar-refractivity contribution in [1.29, 1.82) is 0 Å². The lowest BCUT2D eigenvalue weighted by molar-refractivity contribution is 0.896. The molecule has 0 aliphatic heterocycles. The molecule has 2 rings (SSSR count). The molecule has 0 fully saturated rings. The van der Waals surface area contributed by atoms with Gasteiger partial charge in [-0.15, -0.1) is 0 Å². The molecule has 0 spiro atoms. The molecule has 0 N–H and O–H groups in total. The summed E-state index contributed by atoms with van der Waals surface area (Å²) in [5.41, 5.74) is 3.33. The molecule has 3 nitrogen and oxygen atoms in total. The number of aryl methyl sites for hydroxylation is 2. The van der Waals surface area contributed by atoms with Gasteiger partial charge in [-0.3, -0.25) is 0 Å². The topological polar surface area (TPSA) is 30.2 Å². The maximum absolute atomic E-state index is 4.30. The van der Waals surface area contributed by atoms with Crippen LogP contribution in [0.15, 0.2) is 10.7 Å². The normalized spacial score (nSPS) is 11.1. The Bertz CT molecular complexity index is 473. The molecule has 0 unspecified atom stereocenters. The molecule has 0 saturated carbocycles. The summed E-state index contributed by atoms with van der Waals surface area (Å²) in [6.07, 6.45) is 0. The minimum Gasteiger partial charge on any atom is -0.212 e. The first kappa shape index (κ1) is 8.69. The molecule has 4 heteroatoms. The van der Waals surface area contributed by atoms with E-state index >= 15 is 0 Å². The van der Waals surface area contributed by atoms with Crippen LogP contribution < -0.4 is 0 Å². The van der Waals surface area contributed by atoms with Gasteiger partial charge in [0.05, 0.1) is 0 Å². The number of halogens is 1. The molecule has 0 saturated heterocycles. The molecule has 0 amide bonds. The van der Waals surface area contributed by atoms with Crippen LogP contribution in [0.5, 0.6) is 0 Å². The SMILES string of the molecule is Cc1nc2cc(C)c(C)c(Br)n2n1. The fraction of sp³-hybridized carbons (Fsp3) is 0.333. The van der Waals surface area contributed by atoms with E-state index in [1.54, 1.807) is 0 Å². The van der Waals surface area contributed by atoms with Crippen molar-refractivity contribution < 1.29 is 0 Å². The zero-order valence-corrected chi connectivity index (χ0v) is 9.38. The van der Waals surface area contributed by atoms with Crippen LogP contribution in [0.25, 0.3) is 5.65 Å². The molecular formula is C9H10BrN3. The first-order valence-corrected chi connectivity index (χ1v) is 4.88. The van der Waals surface area contributed by atoms with E-state index in [4.69, 9.17) is 0 Å². The van der Waals surface area contributed by atoms with Crippen LogP contribution in [0.2, 0.25) is 0 Å². The Morgan fingerprint density at radius 1 is 1.31 bits per heavy atom. The van der Waals surface area contributed by atoms with Crippen molar-refractivity contribution in [2.45, 2.75) is 20.8 Å². The number of aromatic nitrogens is 3. The summed E-state index contributed by atoms with van der Waals surface area (Å²) in [6.45, 7) is 6.03. The molecule has 2 heterocycles. The Morgan fingerprint density at radius 3 is 2.69 bits per heavy atom. The van der Waals surface area contributed by atoms with Gasteiger partial charge in [0, 0.05) is 0 Å². The molecule has 13 heavy (non-hydrogen) atoms. The van der Waals surface area contributed by atoms with Crippen molar-refractivity contribution in [3.05, 3.63) is 27.6 Å². The molecule has 0 atom stereocenters. The van der Waals surface area contributed by atoms with E-state index in [0.717, 1.165) is 16.1 Å². The van der Waals surface area contributed by atoms with Crippen molar-refractivity contribution >= 4 is 21.6 Å². The third-order valence-electron chi connectivity index (χ3n) is 2.17. The van der Waals surface area contributed by atoms with E-state index in [2.05, 4.69) is 39.9 Å². The fourth-order valence-electron chi connectivity index (χ4n) is 1.29. The molecule has 2 aromatic rings. The summed E-state index contributed by atoms with van der Waals surface area (Å²) < 4.78 is 2.81. The largest absolute Gasteiger partial charge is 0.212 e. The second-order valence-corrected chi connectivity index (χ2v) is 3.92.